The Morgan fingerprint density at radius 2 is 1.67 bits per heavy atom. The maximum absolute atomic E-state index is 11.7. The summed E-state index contributed by atoms with van der Waals surface area (Å²) >= 11 is 0. The maximum Gasteiger partial charge on any atom is 0.178 e. The van der Waals surface area contributed by atoms with E-state index in [9.17, 15) is 8.42 Å². The Morgan fingerprint density at radius 3 is 2.06 bits per heavy atom. The molecule has 3 nitrogen and oxygen atoms in total. The molecule has 0 aliphatic carbocycles. The van der Waals surface area contributed by atoms with Gasteiger partial charge in [0.05, 0.1) is 10.6 Å². The lowest BCUT2D eigenvalue weighted by Crippen LogP contribution is -2.36. The van der Waals surface area contributed by atoms with Crippen molar-refractivity contribution in [3.63, 3.8) is 0 Å². The molecule has 0 radical (unpaired) electrons. The minimum Gasteiger partial charge on any atom is -0.327 e. The van der Waals surface area contributed by atoms with Crippen LogP contribution in [0.5, 0.6) is 0 Å². The largest absolute Gasteiger partial charge is 0.327 e. The number of hydrogen-bond acceptors (Lipinski definition) is 3. The van der Waals surface area contributed by atoms with Gasteiger partial charge < -0.3 is 5.73 Å². The first-order valence-corrected chi connectivity index (χ1v) is 7.89. The van der Waals surface area contributed by atoms with Gasteiger partial charge in [0.1, 0.15) is 0 Å². The minimum absolute atomic E-state index is 0.0498. The van der Waals surface area contributed by atoms with Gasteiger partial charge >= 0.3 is 0 Å². The molecule has 0 saturated heterocycles. The van der Waals surface area contributed by atoms with Gasteiger partial charge in [-0.3, -0.25) is 0 Å². The zero-order chi connectivity index (χ0) is 14.0. The van der Waals surface area contributed by atoms with Gasteiger partial charge in [0.25, 0.3) is 0 Å². The summed E-state index contributed by atoms with van der Waals surface area (Å²) in [5.74, 6) is 0.133. The van der Waals surface area contributed by atoms with Crippen LogP contribution in [0.1, 0.15) is 33.3 Å². The highest BCUT2D eigenvalue weighted by Gasteiger charge is 2.20. The molecule has 0 aliphatic rings. The lowest BCUT2D eigenvalue weighted by molar-refractivity contribution is 0.318. The molecule has 0 spiro atoms. The van der Waals surface area contributed by atoms with Crippen LogP contribution < -0.4 is 5.73 Å². The average molecular weight is 269 g/mol. The van der Waals surface area contributed by atoms with E-state index in [1.54, 1.807) is 19.1 Å². The molecule has 0 aromatic heterocycles. The normalized spacial score (nSPS) is 14.5. The Balaban J connectivity index is 2.85. The van der Waals surface area contributed by atoms with E-state index in [1.807, 2.05) is 12.1 Å². The van der Waals surface area contributed by atoms with Crippen molar-refractivity contribution in [2.75, 3.05) is 5.75 Å². The SMILES string of the molecule is CCS(=O)(=O)c1ccc(CC(N)C(C)(C)C)cc1. The third kappa shape index (κ3) is 3.82. The summed E-state index contributed by atoms with van der Waals surface area (Å²) in [4.78, 5) is 0.387. The van der Waals surface area contributed by atoms with Gasteiger partial charge in [0.15, 0.2) is 9.84 Å². The quantitative estimate of drug-likeness (QED) is 0.913. The Labute approximate surface area is 110 Å². The van der Waals surface area contributed by atoms with Crippen LogP contribution >= 0.6 is 0 Å². The molecule has 1 rings (SSSR count). The van der Waals surface area contributed by atoms with Crippen molar-refractivity contribution >= 4 is 9.84 Å². The summed E-state index contributed by atoms with van der Waals surface area (Å²) in [6, 6.07) is 7.11. The molecular weight excluding hydrogens is 246 g/mol. The summed E-state index contributed by atoms with van der Waals surface area (Å²) in [5, 5.41) is 0. The Morgan fingerprint density at radius 1 is 1.17 bits per heavy atom. The second-order valence-electron chi connectivity index (χ2n) is 5.72. The molecule has 4 heteroatoms. The standard InChI is InChI=1S/C14H23NO2S/c1-5-18(16,17)12-8-6-11(7-9-12)10-13(15)14(2,3)4/h6-9,13H,5,10,15H2,1-4H3. The van der Waals surface area contributed by atoms with Crippen LogP contribution in [0.2, 0.25) is 0 Å². The van der Waals surface area contributed by atoms with Crippen LogP contribution in [-0.2, 0) is 16.3 Å². The molecule has 18 heavy (non-hydrogen) atoms. The zero-order valence-electron chi connectivity index (χ0n) is 11.6. The van der Waals surface area contributed by atoms with Crippen LogP contribution in [0.3, 0.4) is 0 Å². The highest BCUT2D eigenvalue weighted by Crippen LogP contribution is 2.21. The molecule has 0 bridgehead atoms. The molecule has 0 aliphatic heterocycles. The summed E-state index contributed by atoms with van der Waals surface area (Å²) in [5.41, 5.74) is 7.24. The molecule has 102 valence electrons. The lowest BCUT2D eigenvalue weighted by Gasteiger charge is -2.27. The van der Waals surface area contributed by atoms with Crippen molar-refractivity contribution in [2.45, 2.75) is 45.1 Å². The van der Waals surface area contributed by atoms with E-state index in [0.717, 1.165) is 12.0 Å². The molecular formula is C14H23NO2S. The topological polar surface area (TPSA) is 60.2 Å². The van der Waals surface area contributed by atoms with Crippen molar-refractivity contribution in [2.24, 2.45) is 11.1 Å². The first-order valence-electron chi connectivity index (χ1n) is 6.24. The van der Waals surface area contributed by atoms with Crippen molar-refractivity contribution < 1.29 is 8.42 Å². The van der Waals surface area contributed by atoms with E-state index in [4.69, 9.17) is 5.73 Å². The molecule has 0 fully saturated rings. The van der Waals surface area contributed by atoms with Crippen molar-refractivity contribution in [3.8, 4) is 0 Å². The number of nitrogens with two attached hydrogens (primary N) is 1. The zero-order valence-corrected chi connectivity index (χ0v) is 12.4. The Kier molecular flexibility index (Phi) is 4.56. The fourth-order valence-corrected chi connectivity index (χ4v) is 2.44. The van der Waals surface area contributed by atoms with E-state index in [0.29, 0.717) is 4.90 Å². The van der Waals surface area contributed by atoms with E-state index in [2.05, 4.69) is 20.8 Å². The number of rotatable bonds is 4. The van der Waals surface area contributed by atoms with Gasteiger partial charge in [0, 0.05) is 6.04 Å². The molecule has 0 amide bonds. The van der Waals surface area contributed by atoms with Crippen LogP contribution in [-0.4, -0.2) is 20.2 Å². The van der Waals surface area contributed by atoms with Crippen LogP contribution in [0.4, 0.5) is 0 Å². The summed E-state index contributed by atoms with van der Waals surface area (Å²) < 4.78 is 23.3. The van der Waals surface area contributed by atoms with Gasteiger partial charge in [-0.15, -0.1) is 0 Å². The molecule has 2 N–H and O–H groups in total. The van der Waals surface area contributed by atoms with E-state index in [1.165, 1.54) is 0 Å². The monoisotopic (exact) mass is 269 g/mol. The predicted molar refractivity (Wildman–Crippen MR) is 75.3 cm³/mol. The van der Waals surface area contributed by atoms with Crippen LogP contribution in [0.15, 0.2) is 29.2 Å². The number of hydrogen-bond donors (Lipinski definition) is 1. The highest BCUT2D eigenvalue weighted by molar-refractivity contribution is 7.91. The van der Waals surface area contributed by atoms with E-state index in [-0.39, 0.29) is 17.2 Å². The fourth-order valence-electron chi connectivity index (χ4n) is 1.56. The number of sulfone groups is 1. The number of benzene rings is 1. The maximum atomic E-state index is 11.7. The molecule has 1 unspecified atom stereocenters. The van der Waals surface area contributed by atoms with Gasteiger partial charge in [-0.2, -0.15) is 0 Å². The van der Waals surface area contributed by atoms with Crippen molar-refractivity contribution in [3.05, 3.63) is 29.8 Å². The summed E-state index contributed by atoms with van der Waals surface area (Å²) in [6.45, 7) is 7.97. The highest BCUT2D eigenvalue weighted by atomic mass is 32.2. The minimum atomic E-state index is -3.10. The second kappa shape index (κ2) is 5.41. The molecule has 1 aromatic rings. The average Bonchev–Trinajstić information content (AvgIpc) is 2.28. The van der Waals surface area contributed by atoms with E-state index < -0.39 is 9.84 Å². The summed E-state index contributed by atoms with van der Waals surface area (Å²) in [6.07, 6.45) is 0.760. The van der Waals surface area contributed by atoms with Crippen LogP contribution in [0.25, 0.3) is 0 Å². The van der Waals surface area contributed by atoms with Crippen LogP contribution in [0, 0.1) is 5.41 Å². The van der Waals surface area contributed by atoms with E-state index >= 15 is 0 Å². The lowest BCUT2D eigenvalue weighted by atomic mass is 9.84. The Bertz CT molecular complexity index is 484. The third-order valence-corrected chi connectivity index (χ3v) is 4.98. The molecule has 1 aromatic carbocycles. The second-order valence-corrected chi connectivity index (χ2v) is 8.00. The molecule has 1 atom stereocenters. The molecule has 0 saturated carbocycles. The Hall–Kier alpha value is -0.870. The molecule has 0 heterocycles. The van der Waals surface area contributed by atoms with Gasteiger partial charge in [-0.1, -0.05) is 39.8 Å². The van der Waals surface area contributed by atoms with Gasteiger partial charge in [-0.25, -0.2) is 8.42 Å². The fraction of sp³-hybridized carbons (Fsp3) is 0.571. The van der Waals surface area contributed by atoms with Crippen molar-refractivity contribution in [1.82, 2.24) is 0 Å². The first kappa shape index (κ1) is 15.2. The third-order valence-electron chi connectivity index (χ3n) is 3.23. The van der Waals surface area contributed by atoms with Crippen molar-refractivity contribution in [1.29, 1.82) is 0 Å². The smallest absolute Gasteiger partial charge is 0.178 e. The first-order chi connectivity index (χ1) is 8.16. The predicted octanol–water partition coefficient (Wildman–Crippen LogP) is 2.40. The summed E-state index contributed by atoms with van der Waals surface area (Å²) in [7, 11) is -3.10. The van der Waals surface area contributed by atoms with Gasteiger partial charge in [-0.05, 0) is 29.5 Å². The van der Waals surface area contributed by atoms with Gasteiger partial charge in [0.2, 0.25) is 0 Å².